The molecule has 2 aromatic heterocycles. The Morgan fingerprint density at radius 2 is 2.09 bits per heavy atom. The Morgan fingerprint density at radius 3 is 2.79 bits per heavy atom. The SMILES string of the molecule is CNC(=O)CN(C)c1cc(CN(CCOc2cccc(Cl)c2)C(=O)c2c[nH]nc2N)ccn1. The lowest BCUT2D eigenvalue weighted by atomic mass is 10.2. The minimum Gasteiger partial charge on any atom is -0.492 e. The van der Waals surface area contributed by atoms with Crippen molar-refractivity contribution in [1.82, 2.24) is 25.4 Å². The highest BCUT2D eigenvalue weighted by molar-refractivity contribution is 6.30. The Kier molecular flexibility index (Phi) is 8.09. The van der Waals surface area contributed by atoms with Gasteiger partial charge in [0.1, 0.15) is 23.7 Å². The second-order valence-electron chi connectivity index (χ2n) is 7.27. The number of aromatic nitrogens is 3. The summed E-state index contributed by atoms with van der Waals surface area (Å²) in [5.41, 5.74) is 6.96. The van der Waals surface area contributed by atoms with Crippen molar-refractivity contribution in [2.75, 3.05) is 44.4 Å². The van der Waals surface area contributed by atoms with Crippen LogP contribution in [0.5, 0.6) is 5.75 Å². The van der Waals surface area contributed by atoms with E-state index in [1.165, 1.54) is 6.20 Å². The number of amides is 2. The van der Waals surface area contributed by atoms with Crippen LogP contribution in [0.4, 0.5) is 11.6 Å². The normalized spacial score (nSPS) is 10.5. The van der Waals surface area contributed by atoms with Crippen LogP contribution in [0, 0.1) is 0 Å². The number of carbonyl (C=O) groups excluding carboxylic acids is 2. The van der Waals surface area contributed by atoms with Crippen LogP contribution in [0.1, 0.15) is 15.9 Å². The number of rotatable bonds is 10. The molecule has 0 radical (unpaired) electrons. The predicted molar refractivity (Wildman–Crippen MR) is 126 cm³/mol. The standard InChI is InChI=1S/C22H26ClN7O3/c1-25-20(31)14-29(2)19-10-15(6-7-26-19)13-30(22(32)18-12-27-28-21(18)24)8-9-33-17-5-3-4-16(23)11-17/h3-7,10-12H,8-9,13-14H2,1-2H3,(H,25,31)(H3,24,27,28). The molecule has 2 heterocycles. The molecule has 11 heteroatoms. The summed E-state index contributed by atoms with van der Waals surface area (Å²) in [6.07, 6.45) is 3.11. The molecule has 10 nitrogen and oxygen atoms in total. The van der Waals surface area contributed by atoms with Crippen LogP contribution < -0.4 is 20.7 Å². The molecular formula is C22H26ClN7O3. The first-order valence-corrected chi connectivity index (χ1v) is 10.6. The van der Waals surface area contributed by atoms with Crippen molar-refractivity contribution in [3.05, 3.63) is 64.9 Å². The minimum absolute atomic E-state index is 0.126. The summed E-state index contributed by atoms with van der Waals surface area (Å²) in [4.78, 5) is 32.5. The first-order valence-electron chi connectivity index (χ1n) is 10.2. The Labute approximate surface area is 196 Å². The van der Waals surface area contributed by atoms with E-state index in [2.05, 4.69) is 20.5 Å². The van der Waals surface area contributed by atoms with E-state index in [1.807, 2.05) is 12.1 Å². The molecule has 0 fully saturated rings. The van der Waals surface area contributed by atoms with E-state index in [0.29, 0.717) is 23.1 Å². The smallest absolute Gasteiger partial charge is 0.259 e. The van der Waals surface area contributed by atoms with Gasteiger partial charge in [0, 0.05) is 38.1 Å². The number of hydrogen-bond acceptors (Lipinski definition) is 7. The van der Waals surface area contributed by atoms with Gasteiger partial charge in [0.05, 0.1) is 13.1 Å². The fraction of sp³-hybridized carbons (Fsp3) is 0.273. The van der Waals surface area contributed by atoms with Gasteiger partial charge < -0.3 is 25.6 Å². The molecule has 0 unspecified atom stereocenters. The van der Waals surface area contributed by atoms with Gasteiger partial charge in [0.15, 0.2) is 5.82 Å². The maximum Gasteiger partial charge on any atom is 0.259 e. The molecule has 0 aliphatic carbocycles. The lowest BCUT2D eigenvalue weighted by Gasteiger charge is -2.24. The highest BCUT2D eigenvalue weighted by Crippen LogP contribution is 2.19. The van der Waals surface area contributed by atoms with Gasteiger partial charge in [-0.05, 0) is 35.9 Å². The number of H-pyrrole nitrogens is 1. The Bertz CT molecular complexity index is 1100. The molecule has 0 saturated carbocycles. The topological polar surface area (TPSA) is 129 Å². The molecule has 0 aliphatic rings. The maximum absolute atomic E-state index is 13.2. The molecule has 0 saturated heterocycles. The van der Waals surface area contributed by atoms with Crippen molar-refractivity contribution in [3.63, 3.8) is 0 Å². The van der Waals surface area contributed by atoms with Crippen molar-refractivity contribution in [2.24, 2.45) is 0 Å². The van der Waals surface area contributed by atoms with Gasteiger partial charge in [-0.25, -0.2) is 4.98 Å². The first kappa shape index (κ1) is 23.9. The van der Waals surface area contributed by atoms with Crippen LogP contribution in [0.2, 0.25) is 5.02 Å². The molecule has 0 atom stereocenters. The number of nitrogens with zero attached hydrogens (tertiary/aromatic N) is 4. The molecule has 33 heavy (non-hydrogen) atoms. The number of benzene rings is 1. The number of anilines is 2. The van der Waals surface area contributed by atoms with Crippen molar-refractivity contribution >= 4 is 35.1 Å². The van der Waals surface area contributed by atoms with Gasteiger partial charge in [0.2, 0.25) is 5.91 Å². The number of nitrogens with two attached hydrogens (primary N) is 1. The largest absolute Gasteiger partial charge is 0.492 e. The van der Waals surface area contributed by atoms with Crippen LogP contribution in [0.3, 0.4) is 0 Å². The van der Waals surface area contributed by atoms with Gasteiger partial charge in [-0.3, -0.25) is 14.7 Å². The number of pyridine rings is 1. The molecule has 0 spiro atoms. The van der Waals surface area contributed by atoms with Crippen molar-refractivity contribution in [3.8, 4) is 5.75 Å². The fourth-order valence-corrected chi connectivity index (χ4v) is 3.27. The van der Waals surface area contributed by atoms with Crippen molar-refractivity contribution in [1.29, 1.82) is 0 Å². The van der Waals surface area contributed by atoms with E-state index in [4.69, 9.17) is 22.1 Å². The van der Waals surface area contributed by atoms with Crippen molar-refractivity contribution in [2.45, 2.75) is 6.54 Å². The molecule has 0 aliphatic heterocycles. The van der Waals surface area contributed by atoms with Crippen LogP contribution in [0.15, 0.2) is 48.8 Å². The Balaban J connectivity index is 1.75. The second-order valence-corrected chi connectivity index (χ2v) is 7.70. The molecule has 3 rings (SSSR count). The summed E-state index contributed by atoms with van der Waals surface area (Å²) in [6.45, 7) is 0.986. The van der Waals surface area contributed by atoms with Crippen LogP contribution in [0.25, 0.3) is 0 Å². The first-order chi connectivity index (χ1) is 15.9. The number of likely N-dealkylation sites (N-methyl/N-ethyl adjacent to an activating group) is 2. The molecule has 2 amide bonds. The summed E-state index contributed by atoms with van der Waals surface area (Å²) in [5, 5.41) is 9.60. The quantitative estimate of drug-likeness (QED) is 0.412. The molecular weight excluding hydrogens is 446 g/mol. The number of ether oxygens (including phenoxy) is 1. The van der Waals surface area contributed by atoms with Crippen molar-refractivity contribution < 1.29 is 14.3 Å². The highest BCUT2D eigenvalue weighted by Gasteiger charge is 2.21. The summed E-state index contributed by atoms with van der Waals surface area (Å²) < 4.78 is 5.77. The number of nitrogen functional groups attached to an aromatic ring is 1. The molecule has 1 aromatic carbocycles. The van der Waals surface area contributed by atoms with E-state index in [1.54, 1.807) is 54.4 Å². The molecule has 4 N–H and O–H groups in total. The van der Waals surface area contributed by atoms with Gasteiger partial charge in [-0.15, -0.1) is 0 Å². The third-order valence-electron chi connectivity index (χ3n) is 4.85. The number of aromatic amines is 1. The van der Waals surface area contributed by atoms with Gasteiger partial charge in [0.25, 0.3) is 5.91 Å². The average molecular weight is 472 g/mol. The molecule has 174 valence electrons. The average Bonchev–Trinajstić information content (AvgIpc) is 3.24. The second kappa shape index (κ2) is 11.2. The zero-order valence-electron chi connectivity index (χ0n) is 18.4. The molecule has 3 aromatic rings. The predicted octanol–water partition coefficient (Wildman–Crippen LogP) is 1.94. The lowest BCUT2D eigenvalue weighted by molar-refractivity contribution is -0.119. The third kappa shape index (κ3) is 6.59. The van der Waals surface area contributed by atoms with E-state index < -0.39 is 0 Å². The molecule has 0 bridgehead atoms. The highest BCUT2D eigenvalue weighted by atomic mass is 35.5. The minimum atomic E-state index is -0.284. The summed E-state index contributed by atoms with van der Waals surface area (Å²) in [6, 6.07) is 10.7. The van der Waals surface area contributed by atoms with Gasteiger partial charge in [-0.1, -0.05) is 17.7 Å². The zero-order valence-corrected chi connectivity index (χ0v) is 19.2. The number of halogens is 1. The number of hydrogen-bond donors (Lipinski definition) is 3. The van der Waals surface area contributed by atoms with Crippen LogP contribution in [-0.4, -0.2) is 65.7 Å². The fourth-order valence-electron chi connectivity index (χ4n) is 3.09. The van der Waals surface area contributed by atoms with Crippen LogP contribution in [-0.2, 0) is 11.3 Å². The van der Waals surface area contributed by atoms with Gasteiger partial charge in [-0.2, -0.15) is 5.10 Å². The summed E-state index contributed by atoms with van der Waals surface area (Å²) in [7, 11) is 3.35. The summed E-state index contributed by atoms with van der Waals surface area (Å²) >= 11 is 6.01. The summed E-state index contributed by atoms with van der Waals surface area (Å²) in [5.74, 6) is 0.936. The van der Waals surface area contributed by atoms with E-state index in [0.717, 1.165) is 5.56 Å². The number of nitrogens with one attached hydrogen (secondary N) is 2. The third-order valence-corrected chi connectivity index (χ3v) is 5.08. The van der Waals surface area contributed by atoms with Crippen LogP contribution >= 0.6 is 11.6 Å². The Morgan fingerprint density at radius 1 is 1.27 bits per heavy atom. The van der Waals surface area contributed by atoms with Gasteiger partial charge >= 0.3 is 0 Å². The van der Waals surface area contributed by atoms with E-state index in [9.17, 15) is 9.59 Å². The maximum atomic E-state index is 13.2. The van der Waals surface area contributed by atoms with E-state index >= 15 is 0 Å². The lowest BCUT2D eigenvalue weighted by Crippen LogP contribution is -2.35. The monoisotopic (exact) mass is 471 g/mol. The Hall–Kier alpha value is -3.79. The van der Waals surface area contributed by atoms with E-state index in [-0.39, 0.29) is 42.9 Å². The number of carbonyl (C=O) groups is 2. The zero-order chi connectivity index (χ0) is 23.8.